The van der Waals surface area contributed by atoms with E-state index in [2.05, 4.69) is 0 Å². The zero-order valence-electron chi connectivity index (χ0n) is 12.4. The predicted molar refractivity (Wildman–Crippen MR) is 86.0 cm³/mol. The maximum Gasteiger partial charge on any atom is 0.266 e. The number of nitrogen functional groups attached to an aromatic ring is 1. The Morgan fingerprint density at radius 2 is 2.19 bits per heavy atom. The smallest absolute Gasteiger partial charge is 0.266 e. The van der Waals surface area contributed by atoms with Gasteiger partial charge in [-0.1, -0.05) is 0 Å². The number of amides is 1. The van der Waals surface area contributed by atoms with Crippen molar-refractivity contribution < 1.29 is 14.6 Å². The van der Waals surface area contributed by atoms with E-state index in [4.69, 9.17) is 15.6 Å². The molecule has 0 spiro atoms. The quantitative estimate of drug-likeness (QED) is 0.889. The number of nitrogens with two attached hydrogens (primary N) is 1. The Balaban J connectivity index is 2.45. The number of methoxy groups -OCH3 is 1. The highest BCUT2D eigenvalue weighted by molar-refractivity contribution is 7.21. The summed E-state index contributed by atoms with van der Waals surface area (Å²) in [7, 11) is 1.60. The number of ether oxygens (including phenoxy) is 1. The Kier molecular flexibility index (Phi) is 4.69. The normalized spacial score (nSPS) is 11.1. The first kappa shape index (κ1) is 15.6. The van der Waals surface area contributed by atoms with Gasteiger partial charge in [-0.05, 0) is 32.0 Å². The van der Waals surface area contributed by atoms with Gasteiger partial charge < -0.3 is 20.5 Å². The van der Waals surface area contributed by atoms with Crippen molar-refractivity contribution >= 4 is 33.0 Å². The largest absolute Gasteiger partial charge is 0.497 e. The topological polar surface area (TPSA) is 75.8 Å². The lowest BCUT2D eigenvalue weighted by Crippen LogP contribution is -2.38. The molecule has 1 heterocycles. The molecule has 6 heteroatoms. The molecule has 0 radical (unpaired) electrons. The van der Waals surface area contributed by atoms with E-state index >= 15 is 0 Å². The summed E-state index contributed by atoms with van der Waals surface area (Å²) in [5, 5.41) is 9.98. The van der Waals surface area contributed by atoms with E-state index in [1.165, 1.54) is 11.3 Å². The third-order valence-corrected chi connectivity index (χ3v) is 4.51. The Bertz CT molecular complexity index is 652. The van der Waals surface area contributed by atoms with Gasteiger partial charge >= 0.3 is 0 Å². The van der Waals surface area contributed by atoms with Crippen LogP contribution in [0.25, 0.3) is 10.1 Å². The van der Waals surface area contributed by atoms with Gasteiger partial charge in [0.25, 0.3) is 5.91 Å². The van der Waals surface area contributed by atoms with Crippen LogP contribution < -0.4 is 10.5 Å². The molecule has 5 nitrogen and oxygen atoms in total. The minimum absolute atomic E-state index is 0.00352. The minimum Gasteiger partial charge on any atom is -0.497 e. The number of carbonyl (C=O) groups excluding carboxylic acids is 1. The number of hydrogen-bond donors (Lipinski definition) is 2. The van der Waals surface area contributed by atoms with Crippen LogP contribution in [0.2, 0.25) is 0 Å². The number of thiophene rings is 1. The van der Waals surface area contributed by atoms with Crippen LogP contribution >= 0.6 is 11.3 Å². The van der Waals surface area contributed by atoms with Gasteiger partial charge in [0.05, 0.1) is 19.4 Å². The molecule has 0 aliphatic heterocycles. The van der Waals surface area contributed by atoms with Crippen molar-refractivity contribution in [1.29, 1.82) is 0 Å². The average Bonchev–Trinajstić information content (AvgIpc) is 2.80. The number of benzene rings is 1. The summed E-state index contributed by atoms with van der Waals surface area (Å²) in [6.07, 6.45) is 0. The van der Waals surface area contributed by atoms with Gasteiger partial charge in [0, 0.05) is 22.7 Å². The highest BCUT2D eigenvalue weighted by Crippen LogP contribution is 2.36. The van der Waals surface area contributed by atoms with E-state index < -0.39 is 0 Å². The van der Waals surface area contributed by atoms with Gasteiger partial charge in [-0.25, -0.2) is 0 Å². The number of aliphatic hydroxyl groups is 1. The van der Waals surface area contributed by atoms with Crippen LogP contribution in [0.15, 0.2) is 18.2 Å². The average molecular weight is 308 g/mol. The first-order valence-electron chi connectivity index (χ1n) is 6.77. The third-order valence-electron chi connectivity index (χ3n) is 3.35. The molecule has 0 saturated carbocycles. The summed E-state index contributed by atoms with van der Waals surface area (Å²) in [6, 6.07) is 5.57. The molecule has 0 aliphatic rings. The molecule has 0 aliphatic carbocycles. The van der Waals surface area contributed by atoms with E-state index in [1.807, 2.05) is 32.0 Å². The molecule has 0 bridgehead atoms. The van der Waals surface area contributed by atoms with Crippen LogP contribution in [0.5, 0.6) is 5.75 Å². The number of fused-ring (bicyclic) bond motifs is 1. The lowest BCUT2D eigenvalue weighted by atomic mass is 10.2. The predicted octanol–water partition coefficient (Wildman–Crippen LogP) is 2.33. The molecule has 2 aromatic rings. The molecular weight excluding hydrogens is 288 g/mol. The number of nitrogens with zero attached hydrogens (tertiary/aromatic N) is 1. The van der Waals surface area contributed by atoms with Gasteiger partial charge in [0.15, 0.2) is 0 Å². The number of anilines is 1. The lowest BCUT2D eigenvalue weighted by molar-refractivity contribution is 0.0671. The van der Waals surface area contributed by atoms with Crippen molar-refractivity contribution in [2.45, 2.75) is 19.9 Å². The number of carbonyl (C=O) groups is 1. The molecule has 0 atom stereocenters. The summed E-state index contributed by atoms with van der Waals surface area (Å²) in [4.78, 5) is 14.8. The van der Waals surface area contributed by atoms with Crippen molar-refractivity contribution in [3.05, 3.63) is 23.1 Å². The zero-order valence-corrected chi connectivity index (χ0v) is 13.2. The van der Waals surface area contributed by atoms with Gasteiger partial charge in [0.1, 0.15) is 10.6 Å². The summed E-state index contributed by atoms with van der Waals surface area (Å²) in [5.41, 5.74) is 6.62. The fourth-order valence-electron chi connectivity index (χ4n) is 2.22. The van der Waals surface area contributed by atoms with Crippen molar-refractivity contribution in [3.63, 3.8) is 0 Å². The minimum atomic E-state index is -0.142. The van der Waals surface area contributed by atoms with Gasteiger partial charge in [-0.15, -0.1) is 11.3 Å². The van der Waals surface area contributed by atoms with Crippen molar-refractivity contribution in [3.8, 4) is 5.75 Å². The molecule has 0 unspecified atom stereocenters. The molecule has 21 heavy (non-hydrogen) atoms. The van der Waals surface area contributed by atoms with E-state index in [0.717, 1.165) is 15.8 Å². The van der Waals surface area contributed by atoms with Gasteiger partial charge in [-0.2, -0.15) is 0 Å². The van der Waals surface area contributed by atoms with Crippen LogP contribution in [-0.2, 0) is 0 Å². The van der Waals surface area contributed by atoms with Crippen molar-refractivity contribution in [2.24, 2.45) is 0 Å². The molecule has 1 aromatic carbocycles. The van der Waals surface area contributed by atoms with E-state index in [1.54, 1.807) is 12.0 Å². The maximum atomic E-state index is 12.6. The SMILES string of the molecule is COc1ccc2c(N)c(C(=O)N(CCO)C(C)C)sc2c1. The Morgan fingerprint density at radius 1 is 1.48 bits per heavy atom. The second-order valence-corrected chi connectivity index (χ2v) is 6.08. The Morgan fingerprint density at radius 3 is 2.76 bits per heavy atom. The van der Waals surface area contributed by atoms with Crippen LogP contribution in [-0.4, -0.2) is 42.2 Å². The molecular formula is C15H20N2O3S. The molecule has 1 aromatic heterocycles. The molecule has 114 valence electrons. The van der Waals surface area contributed by atoms with E-state index in [-0.39, 0.29) is 18.6 Å². The van der Waals surface area contributed by atoms with E-state index in [0.29, 0.717) is 17.1 Å². The standard InChI is InChI=1S/C15H20N2O3S/c1-9(2)17(6-7-18)15(19)14-13(16)11-5-4-10(20-3)8-12(11)21-14/h4-5,8-9,18H,6-7,16H2,1-3H3. The third kappa shape index (κ3) is 2.96. The van der Waals surface area contributed by atoms with Gasteiger partial charge in [-0.3, -0.25) is 4.79 Å². The second-order valence-electron chi connectivity index (χ2n) is 5.02. The summed E-state index contributed by atoms with van der Waals surface area (Å²) < 4.78 is 6.11. The van der Waals surface area contributed by atoms with Crippen LogP contribution in [0.3, 0.4) is 0 Å². The summed E-state index contributed by atoms with van der Waals surface area (Å²) in [5.74, 6) is 0.593. The number of hydrogen-bond acceptors (Lipinski definition) is 5. The molecule has 0 saturated heterocycles. The molecule has 0 fully saturated rings. The molecule has 3 N–H and O–H groups in total. The summed E-state index contributed by atoms with van der Waals surface area (Å²) in [6.45, 7) is 4.07. The lowest BCUT2D eigenvalue weighted by Gasteiger charge is -2.25. The number of aliphatic hydroxyl groups excluding tert-OH is 1. The Hall–Kier alpha value is -1.79. The van der Waals surface area contributed by atoms with Crippen molar-refractivity contribution in [1.82, 2.24) is 4.90 Å². The molecule has 2 rings (SSSR count). The zero-order chi connectivity index (χ0) is 15.6. The Labute approximate surface area is 127 Å². The fourth-order valence-corrected chi connectivity index (χ4v) is 3.32. The highest BCUT2D eigenvalue weighted by atomic mass is 32.1. The highest BCUT2D eigenvalue weighted by Gasteiger charge is 2.23. The van der Waals surface area contributed by atoms with Gasteiger partial charge in [0.2, 0.25) is 0 Å². The van der Waals surface area contributed by atoms with E-state index in [9.17, 15) is 4.79 Å². The van der Waals surface area contributed by atoms with Crippen LogP contribution in [0.1, 0.15) is 23.5 Å². The summed E-state index contributed by atoms with van der Waals surface area (Å²) >= 11 is 1.36. The second kappa shape index (κ2) is 6.32. The molecule has 1 amide bonds. The van der Waals surface area contributed by atoms with Crippen molar-refractivity contribution in [2.75, 3.05) is 26.0 Å². The van der Waals surface area contributed by atoms with Crippen LogP contribution in [0, 0.1) is 0 Å². The first-order valence-corrected chi connectivity index (χ1v) is 7.59. The van der Waals surface area contributed by atoms with Crippen LogP contribution in [0.4, 0.5) is 5.69 Å². The number of rotatable bonds is 5. The first-order chi connectivity index (χ1) is 9.99. The monoisotopic (exact) mass is 308 g/mol. The maximum absolute atomic E-state index is 12.6. The fraction of sp³-hybridized carbons (Fsp3) is 0.400.